The summed E-state index contributed by atoms with van der Waals surface area (Å²) in [6.07, 6.45) is 0.617. The molecular weight excluding hydrogens is 361 g/mol. The van der Waals surface area contributed by atoms with Gasteiger partial charge in [-0.2, -0.15) is 14.4 Å². The summed E-state index contributed by atoms with van der Waals surface area (Å²) in [5, 5.41) is 8.24. The molecule has 0 unspecified atom stereocenters. The summed E-state index contributed by atoms with van der Waals surface area (Å²) in [5.74, 6) is 0.0309. The highest BCUT2D eigenvalue weighted by atomic mass is 32.2. The third-order valence-electron chi connectivity index (χ3n) is 4.38. The average molecular weight is 377 g/mol. The molecule has 0 saturated heterocycles. The van der Waals surface area contributed by atoms with Crippen molar-refractivity contribution >= 4 is 10.0 Å². The number of hydrogen-bond donors (Lipinski definition) is 0. The zero-order valence-electron chi connectivity index (χ0n) is 14.2. The van der Waals surface area contributed by atoms with E-state index in [4.69, 9.17) is 4.52 Å². The maximum absolute atomic E-state index is 14.0. The molecule has 0 atom stereocenters. The minimum Gasteiger partial charge on any atom is -0.332 e. The van der Waals surface area contributed by atoms with Gasteiger partial charge in [0.25, 0.3) is 5.89 Å². The Morgan fingerprint density at radius 3 is 2.73 bits per heavy atom. The van der Waals surface area contributed by atoms with Crippen molar-refractivity contribution in [2.75, 3.05) is 0 Å². The topological polar surface area (TPSA) is 94.1 Å². The normalized spacial score (nSPS) is 14.7. The summed E-state index contributed by atoms with van der Waals surface area (Å²) < 4.78 is 47.7. The van der Waals surface area contributed by atoms with Gasteiger partial charge in [0, 0.05) is 25.6 Å². The van der Waals surface area contributed by atoms with Crippen LogP contribution < -0.4 is 0 Å². The van der Waals surface area contributed by atoms with Gasteiger partial charge in [0.2, 0.25) is 10.0 Å². The van der Waals surface area contributed by atoms with Crippen LogP contribution in [0.25, 0.3) is 11.6 Å². The number of aromatic nitrogens is 4. The van der Waals surface area contributed by atoms with Crippen molar-refractivity contribution in [3.05, 3.63) is 47.2 Å². The molecule has 1 aliphatic rings. The maximum atomic E-state index is 14.0. The first-order valence-electron chi connectivity index (χ1n) is 8.04. The lowest BCUT2D eigenvalue weighted by Crippen LogP contribution is -2.27. The Kier molecular flexibility index (Phi) is 3.88. The van der Waals surface area contributed by atoms with E-state index < -0.39 is 15.8 Å². The second-order valence-electron chi connectivity index (χ2n) is 5.97. The molecule has 4 rings (SSSR count). The number of sulfonamides is 1. The highest BCUT2D eigenvalue weighted by Gasteiger charge is 2.37. The molecular formula is C16H16FN5O3S. The monoisotopic (exact) mass is 377 g/mol. The van der Waals surface area contributed by atoms with Crippen LogP contribution in [-0.2, 0) is 36.6 Å². The maximum Gasteiger partial charge on any atom is 0.278 e. The lowest BCUT2D eigenvalue weighted by molar-refractivity contribution is 0.410. The molecule has 26 heavy (non-hydrogen) atoms. The zero-order chi connectivity index (χ0) is 18.5. The largest absolute Gasteiger partial charge is 0.332 e. The summed E-state index contributed by atoms with van der Waals surface area (Å²) in [5.41, 5.74) is 1.87. The summed E-state index contributed by atoms with van der Waals surface area (Å²) in [6.45, 7) is 2.07. The molecule has 0 N–H and O–H groups in total. The number of fused-ring (bicyclic) bond motifs is 1. The molecule has 8 nitrogen and oxygen atoms in total. The first-order chi connectivity index (χ1) is 12.4. The minimum atomic E-state index is -3.97. The Morgan fingerprint density at radius 1 is 1.27 bits per heavy atom. The molecule has 1 aliphatic heterocycles. The van der Waals surface area contributed by atoms with Gasteiger partial charge in [-0.15, -0.1) is 0 Å². The molecule has 1 aromatic carbocycles. The van der Waals surface area contributed by atoms with Gasteiger partial charge < -0.3 is 4.52 Å². The van der Waals surface area contributed by atoms with Crippen molar-refractivity contribution in [1.82, 2.24) is 24.2 Å². The SMILES string of the molecule is CCc1noc(-c2nn(C)c3c2CN(S(=O)(=O)c2ccccc2F)C3)n1. The Morgan fingerprint density at radius 2 is 2.04 bits per heavy atom. The van der Waals surface area contributed by atoms with Crippen LogP contribution in [0.15, 0.2) is 33.7 Å². The van der Waals surface area contributed by atoms with E-state index in [1.807, 2.05) is 6.92 Å². The smallest absolute Gasteiger partial charge is 0.278 e. The Labute approximate surface area is 149 Å². The van der Waals surface area contributed by atoms with Crippen molar-refractivity contribution in [3.63, 3.8) is 0 Å². The van der Waals surface area contributed by atoms with Gasteiger partial charge >= 0.3 is 0 Å². The summed E-state index contributed by atoms with van der Waals surface area (Å²) in [6, 6.07) is 5.35. The van der Waals surface area contributed by atoms with Crippen LogP contribution in [0.5, 0.6) is 0 Å². The molecule has 2 aromatic heterocycles. The van der Waals surface area contributed by atoms with Gasteiger partial charge in [0.1, 0.15) is 10.7 Å². The molecule has 3 aromatic rings. The van der Waals surface area contributed by atoms with Gasteiger partial charge in [-0.1, -0.05) is 24.2 Å². The second kappa shape index (κ2) is 5.99. The Hall–Kier alpha value is -2.59. The number of aryl methyl sites for hydroxylation is 2. The van der Waals surface area contributed by atoms with Gasteiger partial charge in [-0.3, -0.25) is 4.68 Å². The van der Waals surface area contributed by atoms with Gasteiger partial charge in [0.05, 0.1) is 12.2 Å². The summed E-state index contributed by atoms with van der Waals surface area (Å²) in [4.78, 5) is 3.93. The summed E-state index contributed by atoms with van der Waals surface area (Å²) in [7, 11) is -2.25. The molecule has 0 saturated carbocycles. The van der Waals surface area contributed by atoms with Crippen LogP contribution in [0.4, 0.5) is 4.39 Å². The molecule has 3 heterocycles. The fraction of sp³-hybridized carbons (Fsp3) is 0.312. The quantitative estimate of drug-likeness (QED) is 0.689. The van der Waals surface area contributed by atoms with Crippen LogP contribution in [-0.4, -0.2) is 32.6 Å². The first kappa shape index (κ1) is 16.9. The second-order valence-corrected chi connectivity index (χ2v) is 7.88. The van der Waals surface area contributed by atoms with E-state index in [9.17, 15) is 12.8 Å². The minimum absolute atomic E-state index is 0.0685. The number of benzene rings is 1. The third kappa shape index (κ3) is 2.53. The number of halogens is 1. The molecule has 0 amide bonds. The van der Waals surface area contributed by atoms with E-state index >= 15 is 0 Å². The van der Waals surface area contributed by atoms with E-state index in [1.165, 1.54) is 22.5 Å². The van der Waals surface area contributed by atoms with Gasteiger partial charge in [-0.25, -0.2) is 12.8 Å². The van der Waals surface area contributed by atoms with Gasteiger partial charge in [-0.05, 0) is 12.1 Å². The van der Waals surface area contributed by atoms with Crippen LogP contribution in [0.3, 0.4) is 0 Å². The molecule has 10 heteroatoms. The predicted molar refractivity (Wildman–Crippen MR) is 88.7 cm³/mol. The van der Waals surface area contributed by atoms with Crippen molar-refractivity contribution < 1.29 is 17.3 Å². The standard InChI is InChI=1S/C16H16FN5O3S/c1-3-14-18-16(25-20-14)15-10-8-22(9-12(10)21(2)19-15)26(23,24)13-7-5-4-6-11(13)17/h4-7H,3,8-9H2,1-2H3. The Bertz CT molecular complexity index is 1090. The lowest BCUT2D eigenvalue weighted by Gasteiger charge is -2.16. The highest BCUT2D eigenvalue weighted by Crippen LogP contribution is 2.34. The van der Waals surface area contributed by atoms with E-state index in [-0.39, 0.29) is 23.9 Å². The van der Waals surface area contributed by atoms with Crippen LogP contribution in [0.1, 0.15) is 24.0 Å². The summed E-state index contributed by atoms with van der Waals surface area (Å²) >= 11 is 0. The third-order valence-corrected chi connectivity index (χ3v) is 6.20. The first-order valence-corrected chi connectivity index (χ1v) is 9.48. The van der Waals surface area contributed by atoms with E-state index in [0.29, 0.717) is 23.5 Å². The van der Waals surface area contributed by atoms with Gasteiger partial charge in [0.15, 0.2) is 11.5 Å². The van der Waals surface area contributed by atoms with Crippen LogP contribution in [0.2, 0.25) is 0 Å². The lowest BCUT2D eigenvalue weighted by atomic mass is 10.2. The van der Waals surface area contributed by atoms with E-state index in [0.717, 1.165) is 11.8 Å². The fourth-order valence-electron chi connectivity index (χ4n) is 2.99. The van der Waals surface area contributed by atoms with E-state index in [1.54, 1.807) is 11.7 Å². The van der Waals surface area contributed by atoms with Crippen molar-refractivity contribution in [3.8, 4) is 11.6 Å². The average Bonchev–Trinajstić information content (AvgIpc) is 3.32. The zero-order valence-corrected chi connectivity index (χ0v) is 15.0. The number of rotatable bonds is 4. The van der Waals surface area contributed by atoms with Crippen molar-refractivity contribution in [2.45, 2.75) is 31.3 Å². The van der Waals surface area contributed by atoms with Crippen molar-refractivity contribution in [2.24, 2.45) is 7.05 Å². The fourth-order valence-corrected chi connectivity index (χ4v) is 4.43. The number of nitrogens with zero attached hydrogens (tertiary/aromatic N) is 5. The van der Waals surface area contributed by atoms with Crippen molar-refractivity contribution in [1.29, 1.82) is 0 Å². The highest BCUT2D eigenvalue weighted by molar-refractivity contribution is 7.89. The molecule has 0 bridgehead atoms. The van der Waals surface area contributed by atoms with Crippen LogP contribution >= 0.6 is 0 Å². The molecule has 0 spiro atoms. The molecule has 136 valence electrons. The predicted octanol–water partition coefficient (Wildman–Crippen LogP) is 1.88. The molecule has 0 aliphatic carbocycles. The van der Waals surface area contributed by atoms with E-state index in [2.05, 4.69) is 15.2 Å². The van der Waals surface area contributed by atoms with Crippen LogP contribution in [0, 0.1) is 5.82 Å². The molecule has 0 radical (unpaired) electrons. The molecule has 0 fully saturated rings. The number of hydrogen-bond acceptors (Lipinski definition) is 6. The Balaban J connectivity index is 1.72.